The molecule has 0 radical (unpaired) electrons. The predicted octanol–water partition coefficient (Wildman–Crippen LogP) is -3.06. The minimum atomic E-state index is -1.27. The number of hydrogen-bond acceptors (Lipinski definition) is 7. The molecule has 0 saturated carbocycles. The van der Waals surface area contributed by atoms with Crippen molar-refractivity contribution in [2.45, 2.75) is 24.9 Å². The van der Waals surface area contributed by atoms with Gasteiger partial charge in [0.2, 0.25) is 23.6 Å². The Labute approximate surface area is 165 Å². The molecule has 1 aromatic carbocycles. The number of carbonyl (C=O) groups excluding carboxylic acids is 4. The molecule has 1 rings (SSSR count). The van der Waals surface area contributed by atoms with Crippen LogP contribution in [0.2, 0.25) is 0 Å². The summed E-state index contributed by atoms with van der Waals surface area (Å²) in [5, 5.41) is 25.1. The van der Waals surface area contributed by atoms with Crippen molar-refractivity contribution in [3.8, 4) is 5.75 Å². The van der Waals surface area contributed by atoms with Crippen LogP contribution in [0.15, 0.2) is 24.3 Å². The fourth-order valence-electron chi connectivity index (χ4n) is 2.16. The van der Waals surface area contributed by atoms with E-state index < -0.39 is 54.8 Å². The summed E-state index contributed by atoms with van der Waals surface area (Å²) in [4.78, 5) is 57.1. The van der Waals surface area contributed by atoms with Gasteiger partial charge in [0.05, 0.1) is 25.6 Å². The summed E-state index contributed by atoms with van der Waals surface area (Å²) >= 11 is 0. The van der Waals surface area contributed by atoms with Gasteiger partial charge in [-0.15, -0.1) is 0 Å². The summed E-state index contributed by atoms with van der Waals surface area (Å²) in [5.41, 5.74) is 10.9. The summed E-state index contributed by atoms with van der Waals surface area (Å²) in [7, 11) is 0. The molecule has 158 valence electrons. The lowest BCUT2D eigenvalue weighted by molar-refractivity contribution is -0.141. The number of carboxylic acid groups (broad SMARTS) is 1. The van der Waals surface area contributed by atoms with Gasteiger partial charge in [-0.1, -0.05) is 12.1 Å². The van der Waals surface area contributed by atoms with Gasteiger partial charge in [-0.25, -0.2) is 4.79 Å². The van der Waals surface area contributed by atoms with E-state index in [-0.39, 0.29) is 18.6 Å². The number of aliphatic carboxylic acids is 1. The molecule has 9 N–H and O–H groups in total. The fourth-order valence-corrected chi connectivity index (χ4v) is 2.16. The first-order chi connectivity index (χ1) is 13.6. The number of aromatic hydroxyl groups is 1. The Morgan fingerprint density at radius 1 is 0.966 bits per heavy atom. The second-order valence-corrected chi connectivity index (χ2v) is 6.10. The molecule has 0 saturated heterocycles. The maximum atomic E-state index is 11.9. The van der Waals surface area contributed by atoms with Crippen LogP contribution in [0.3, 0.4) is 0 Å². The summed E-state index contributed by atoms with van der Waals surface area (Å²) in [6, 6.07) is 3.38. The standard InChI is InChI=1S/C17H23N5O7/c18-11(6-13(19)24)16(27)21-7-14(25)20-8-15(26)22-12(17(28)29)5-9-1-3-10(23)4-2-9/h1-4,11-12,23H,5-8,18H2,(H2,19,24)(H,20,25)(H,21,27)(H,22,26)(H,28,29). The molecule has 2 unspecified atom stereocenters. The van der Waals surface area contributed by atoms with Crippen LogP contribution in [0.5, 0.6) is 5.75 Å². The molecule has 4 amide bonds. The number of nitrogens with two attached hydrogens (primary N) is 2. The van der Waals surface area contributed by atoms with Crippen LogP contribution in [0.4, 0.5) is 0 Å². The van der Waals surface area contributed by atoms with Crippen LogP contribution in [-0.4, -0.2) is 65.0 Å². The van der Waals surface area contributed by atoms with Crippen molar-refractivity contribution in [2.24, 2.45) is 11.5 Å². The van der Waals surface area contributed by atoms with E-state index in [2.05, 4.69) is 16.0 Å². The predicted molar refractivity (Wildman–Crippen MR) is 99.2 cm³/mol. The molecule has 29 heavy (non-hydrogen) atoms. The monoisotopic (exact) mass is 409 g/mol. The Morgan fingerprint density at radius 3 is 2.10 bits per heavy atom. The molecular weight excluding hydrogens is 386 g/mol. The summed E-state index contributed by atoms with van der Waals surface area (Å²) in [6.07, 6.45) is -0.406. The van der Waals surface area contributed by atoms with Crippen molar-refractivity contribution in [1.29, 1.82) is 0 Å². The maximum absolute atomic E-state index is 11.9. The minimum Gasteiger partial charge on any atom is -0.508 e. The summed E-state index contributed by atoms with van der Waals surface area (Å²) in [5.74, 6) is -4.24. The highest BCUT2D eigenvalue weighted by Crippen LogP contribution is 2.11. The number of carbonyl (C=O) groups is 5. The van der Waals surface area contributed by atoms with E-state index in [9.17, 15) is 34.2 Å². The number of phenols is 1. The molecule has 12 heteroatoms. The van der Waals surface area contributed by atoms with Crippen molar-refractivity contribution in [2.75, 3.05) is 13.1 Å². The van der Waals surface area contributed by atoms with Gasteiger partial charge < -0.3 is 37.6 Å². The SMILES string of the molecule is NC(=O)CC(N)C(=O)NCC(=O)NCC(=O)NC(Cc1ccc(O)cc1)C(=O)O. The smallest absolute Gasteiger partial charge is 0.326 e. The lowest BCUT2D eigenvalue weighted by Gasteiger charge is -2.15. The van der Waals surface area contributed by atoms with E-state index in [0.29, 0.717) is 5.56 Å². The molecule has 0 bridgehead atoms. The molecule has 1 aromatic rings. The molecule has 0 aromatic heterocycles. The van der Waals surface area contributed by atoms with Crippen molar-refractivity contribution in [3.05, 3.63) is 29.8 Å². The third kappa shape index (κ3) is 9.19. The normalized spacial score (nSPS) is 12.3. The van der Waals surface area contributed by atoms with Gasteiger partial charge >= 0.3 is 5.97 Å². The third-order valence-corrected chi connectivity index (χ3v) is 3.64. The number of carboxylic acids is 1. The fraction of sp³-hybridized carbons (Fsp3) is 0.353. The molecule has 0 spiro atoms. The lowest BCUT2D eigenvalue weighted by atomic mass is 10.1. The zero-order valence-electron chi connectivity index (χ0n) is 15.4. The van der Waals surface area contributed by atoms with Gasteiger partial charge in [0.15, 0.2) is 0 Å². The average molecular weight is 409 g/mol. The van der Waals surface area contributed by atoms with Crippen molar-refractivity contribution >= 4 is 29.6 Å². The zero-order chi connectivity index (χ0) is 22.0. The quantitative estimate of drug-likeness (QED) is 0.199. The van der Waals surface area contributed by atoms with Crippen molar-refractivity contribution in [3.63, 3.8) is 0 Å². The highest BCUT2D eigenvalue weighted by Gasteiger charge is 2.21. The summed E-state index contributed by atoms with van der Waals surface area (Å²) in [6.45, 7) is -1.00. The van der Waals surface area contributed by atoms with Gasteiger partial charge in [-0.3, -0.25) is 19.2 Å². The van der Waals surface area contributed by atoms with Gasteiger partial charge in [-0.2, -0.15) is 0 Å². The van der Waals surface area contributed by atoms with Gasteiger partial charge in [0.1, 0.15) is 11.8 Å². The number of benzene rings is 1. The molecule has 0 aliphatic carbocycles. The van der Waals surface area contributed by atoms with Crippen molar-refractivity contribution < 1.29 is 34.2 Å². The Kier molecular flexibility index (Phi) is 9.05. The van der Waals surface area contributed by atoms with Crippen LogP contribution in [0.25, 0.3) is 0 Å². The maximum Gasteiger partial charge on any atom is 0.326 e. The van der Waals surface area contributed by atoms with Gasteiger partial charge in [0.25, 0.3) is 0 Å². The molecular formula is C17H23N5O7. The summed E-state index contributed by atoms with van der Waals surface area (Å²) < 4.78 is 0. The molecule has 12 nitrogen and oxygen atoms in total. The Morgan fingerprint density at radius 2 is 1.55 bits per heavy atom. The highest BCUT2D eigenvalue weighted by molar-refractivity contribution is 5.92. The topological polar surface area (TPSA) is 214 Å². The molecule has 0 fully saturated rings. The van der Waals surface area contributed by atoms with Crippen LogP contribution in [0, 0.1) is 0 Å². The molecule has 0 aliphatic rings. The van der Waals surface area contributed by atoms with E-state index in [4.69, 9.17) is 11.5 Å². The second kappa shape index (κ2) is 11.2. The van der Waals surface area contributed by atoms with Crippen molar-refractivity contribution in [1.82, 2.24) is 16.0 Å². The largest absolute Gasteiger partial charge is 0.508 e. The molecule has 2 atom stereocenters. The number of nitrogens with one attached hydrogen (secondary N) is 3. The van der Waals surface area contributed by atoms with Crippen LogP contribution >= 0.6 is 0 Å². The van der Waals surface area contributed by atoms with Crippen LogP contribution in [0.1, 0.15) is 12.0 Å². The minimum absolute atomic E-state index is 0.0232. The van der Waals surface area contributed by atoms with E-state index in [1.54, 1.807) is 0 Å². The van der Waals surface area contributed by atoms with Crippen LogP contribution in [-0.2, 0) is 30.4 Å². The van der Waals surface area contributed by atoms with Gasteiger partial charge in [0, 0.05) is 6.42 Å². The number of amides is 4. The number of primary amides is 1. The third-order valence-electron chi connectivity index (χ3n) is 3.64. The highest BCUT2D eigenvalue weighted by atomic mass is 16.4. The van der Waals surface area contributed by atoms with E-state index in [1.807, 2.05) is 0 Å². The first-order valence-electron chi connectivity index (χ1n) is 8.47. The van der Waals surface area contributed by atoms with Gasteiger partial charge in [-0.05, 0) is 17.7 Å². The average Bonchev–Trinajstić information content (AvgIpc) is 2.64. The Hall–Kier alpha value is -3.67. The number of rotatable bonds is 11. The first kappa shape index (κ1) is 23.4. The number of phenolic OH excluding ortho intramolecular Hbond substituents is 1. The zero-order valence-corrected chi connectivity index (χ0v) is 15.4. The van der Waals surface area contributed by atoms with Crippen LogP contribution < -0.4 is 27.4 Å². The molecule has 0 heterocycles. The second-order valence-electron chi connectivity index (χ2n) is 6.10. The lowest BCUT2D eigenvalue weighted by Crippen LogP contribution is -2.49. The number of hydrogen-bond donors (Lipinski definition) is 7. The Balaban J connectivity index is 2.42. The van der Waals surface area contributed by atoms with E-state index in [1.165, 1.54) is 24.3 Å². The first-order valence-corrected chi connectivity index (χ1v) is 8.47. The van der Waals surface area contributed by atoms with E-state index in [0.717, 1.165) is 0 Å². The van der Waals surface area contributed by atoms with E-state index >= 15 is 0 Å². The Bertz CT molecular complexity index is 766. The molecule has 0 aliphatic heterocycles.